The average Bonchev–Trinajstić information content (AvgIpc) is 2.44. The van der Waals surface area contributed by atoms with Gasteiger partial charge in [0.25, 0.3) is 5.91 Å². The van der Waals surface area contributed by atoms with Crippen molar-refractivity contribution in [2.75, 3.05) is 17.2 Å². The minimum Gasteiger partial charge on any atom is -0.369 e. The van der Waals surface area contributed by atoms with E-state index in [1.54, 1.807) is 6.07 Å². The number of carbonyl (C=O) groups is 1. The highest BCUT2D eigenvalue weighted by molar-refractivity contribution is 9.10. The van der Waals surface area contributed by atoms with E-state index in [1.165, 1.54) is 12.4 Å². The largest absolute Gasteiger partial charge is 0.369 e. The monoisotopic (exact) mass is 335 g/mol. The summed E-state index contributed by atoms with van der Waals surface area (Å²) in [5, 5.41) is 5.70. The second-order valence-electron chi connectivity index (χ2n) is 4.04. The third-order valence-electron chi connectivity index (χ3n) is 2.51. The molecule has 0 aliphatic carbocycles. The van der Waals surface area contributed by atoms with Crippen LogP contribution in [0.2, 0.25) is 0 Å². The number of carbonyl (C=O) groups excluding carboxylic acids is 1. The van der Waals surface area contributed by atoms with Crippen LogP contribution in [0.4, 0.5) is 11.6 Å². The zero-order chi connectivity index (χ0) is 14.5. The van der Waals surface area contributed by atoms with Gasteiger partial charge in [0.15, 0.2) is 0 Å². The molecule has 1 amide bonds. The van der Waals surface area contributed by atoms with Crippen molar-refractivity contribution in [2.24, 2.45) is 0 Å². The van der Waals surface area contributed by atoms with Gasteiger partial charge in [0, 0.05) is 11.0 Å². The molecule has 2 N–H and O–H groups in total. The third kappa shape index (κ3) is 3.51. The topological polar surface area (TPSA) is 79.8 Å². The van der Waals surface area contributed by atoms with Crippen LogP contribution in [-0.2, 0) is 0 Å². The number of amides is 1. The van der Waals surface area contributed by atoms with Crippen LogP contribution < -0.4 is 10.6 Å². The van der Waals surface area contributed by atoms with Gasteiger partial charge in [0.05, 0.1) is 18.1 Å². The van der Waals surface area contributed by atoms with Crippen molar-refractivity contribution in [2.45, 2.75) is 13.8 Å². The molecule has 0 radical (unpaired) electrons. The van der Waals surface area contributed by atoms with Gasteiger partial charge in [-0.25, -0.2) is 15.0 Å². The van der Waals surface area contributed by atoms with Crippen molar-refractivity contribution >= 4 is 33.5 Å². The maximum Gasteiger partial charge on any atom is 0.277 e. The number of anilines is 2. The summed E-state index contributed by atoms with van der Waals surface area (Å²) in [6, 6.07) is 3.55. The molecule has 7 heteroatoms. The number of halogens is 1. The average molecular weight is 336 g/mol. The summed E-state index contributed by atoms with van der Waals surface area (Å²) in [7, 11) is 0. The van der Waals surface area contributed by atoms with Gasteiger partial charge < -0.3 is 10.6 Å². The quantitative estimate of drug-likeness (QED) is 0.897. The van der Waals surface area contributed by atoms with Gasteiger partial charge in [-0.2, -0.15) is 0 Å². The molecule has 2 aromatic rings. The Morgan fingerprint density at radius 3 is 2.65 bits per heavy atom. The number of pyridine rings is 1. The molecule has 0 spiro atoms. The van der Waals surface area contributed by atoms with Gasteiger partial charge in [-0.05, 0) is 41.9 Å². The van der Waals surface area contributed by atoms with Crippen molar-refractivity contribution in [3.8, 4) is 0 Å². The molecule has 0 aromatic carbocycles. The minimum atomic E-state index is -0.338. The van der Waals surface area contributed by atoms with E-state index in [-0.39, 0.29) is 11.6 Å². The molecule has 2 heterocycles. The Hall–Kier alpha value is -2.02. The first-order valence-corrected chi connectivity index (χ1v) is 6.90. The van der Waals surface area contributed by atoms with E-state index in [1.807, 2.05) is 19.9 Å². The number of nitrogens with zero attached hydrogens (tertiary/aromatic N) is 3. The lowest BCUT2D eigenvalue weighted by Gasteiger charge is -2.06. The molecule has 2 rings (SSSR count). The fraction of sp³-hybridized carbons (Fsp3) is 0.231. The van der Waals surface area contributed by atoms with Crippen molar-refractivity contribution in [1.29, 1.82) is 0 Å². The Morgan fingerprint density at radius 2 is 2.05 bits per heavy atom. The summed E-state index contributed by atoms with van der Waals surface area (Å²) < 4.78 is 0.894. The van der Waals surface area contributed by atoms with Crippen LogP contribution in [0.25, 0.3) is 0 Å². The Labute approximate surface area is 125 Å². The predicted octanol–water partition coefficient (Wildman–Crippen LogP) is 2.63. The van der Waals surface area contributed by atoms with Gasteiger partial charge >= 0.3 is 0 Å². The number of aryl methyl sites for hydroxylation is 1. The Morgan fingerprint density at radius 1 is 1.25 bits per heavy atom. The molecule has 6 nitrogen and oxygen atoms in total. The van der Waals surface area contributed by atoms with Crippen molar-refractivity contribution in [3.63, 3.8) is 0 Å². The molecule has 0 aliphatic heterocycles. The molecule has 0 aliphatic rings. The molecule has 0 atom stereocenters. The van der Waals surface area contributed by atoms with E-state index in [4.69, 9.17) is 0 Å². The highest BCUT2D eigenvalue weighted by atomic mass is 79.9. The highest BCUT2D eigenvalue weighted by Gasteiger charge is 2.09. The predicted molar refractivity (Wildman–Crippen MR) is 80.8 cm³/mol. The maximum absolute atomic E-state index is 12.0. The molecular weight excluding hydrogens is 322 g/mol. The van der Waals surface area contributed by atoms with Crippen LogP contribution in [0.3, 0.4) is 0 Å². The maximum atomic E-state index is 12.0. The molecule has 104 valence electrons. The second kappa shape index (κ2) is 6.42. The first kappa shape index (κ1) is 14.4. The highest BCUT2D eigenvalue weighted by Crippen LogP contribution is 2.16. The van der Waals surface area contributed by atoms with E-state index in [2.05, 4.69) is 41.5 Å². The molecule has 20 heavy (non-hydrogen) atoms. The zero-order valence-corrected chi connectivity index (χ0v) is 12.7. The lowest BCUT2D eigenvalue weighted by molar-refractivity contribution is 0.102. The number of hydrogen-bond acceptors (Lipinski definition) is 5. The van der Waals surface area contributed by atoms with Crippen LogP contribution >= 0.6 is 15.9 Å². The van der Waals surface area contributed by atoms with E-state index < -0.39 is 0 Å². The third-order valence-corrected chi connectivity index (χ3v) is 3.34. The number of nitrogens with one attached hydrogen (secondary N) is 2. The van der Waals surface area contributed by atoms with Crippen molar-refractivity contribution < 1.29 is 4.79 Å². The summed E-state index contributed by atoms with van der Waals surface area (Å²) in [5.74, 6) is 0.782. The summed E-state index contributed by atoms with van der Waals surface area (Å²) in [6.45, 7) is 4.57. The van der Waals surface area contributed by atoms with Crippen LogP contribution in [-0.4, -0.2) is 27.4 Å². The Balaban J connectivity index is 2.09. The summed E-state index contributed by atoms with van der Waals surface area (Å²) >= 11 is 3.36. The zero-order valence-electron chi connectivity index (χ0n) is 11.1. The Kier molecular flexibility index (Phi) is 4.62. The smallest absolute Gasteiger partial charge is 0.277 e. The molecule has 2 aromatic heterocycles. The normalized spacial score (nSPS) is 10.2. The first-order chi connectivity index (χ1) is 9.60. The lowest BCUT2D eigenvalue weighted by atomic mass is 10.3. The second-order valence-corrected chi connectivity index (χ2v) is 4.89. The van der Waals surface area contributed by atoms with Gasteiger partial charge in [-0.1, -0.05) is 0 Å². The number of aromatic nitrogens is 3. The van der Waals surface area contributed by atoms with Gasteiger partial charge in [-0.15, -0.1) is 0 Å². The van der Waals surface area contributed by atoms with E-state index >= 15 is 0 Å². The first-order valence-electron chi connectivity index (χ1n) is 6.10. The molecule has 0 unspecified atom stereocenters. The van der Waals surface area contributed by atoms with E-state index in [0.29, 0.717) is 11.6 Å². The molecular formula is C13H14BrN5O. The van der Waals surface area contributed by atoms with Gasteiger partial charge in [0.2, 0.25) is 0 Å². The molecule has 0 saturated carbocycles. The fourth-order valence-corrected chi connectivity index (χ4v) is 1.73. The van der Waals surface area contributed by atoms with Crippen LogP contribution in [0, 0.1) is 6.92 Å². The number of hydrogen-bond donors (Lipinski definition) is 2. The molecule has 0 saturated heterocycles. The minimum absolute atomic E-state index is 0.244. The molecule has 0 bridgehead atoms. The lowest BCUT2D eigenvalue weighted by Crippen LogP contribution is -2.15. The van der Waals surface area contributed by atoms with Gasteiger partial charge in [0.1, 0.15) is 17.3 Å². The van der Waals surface area contributed by atoms with Crippen LogP contribution in [0.1, 0.15) is 23.1 Å². The Bertz CT molecular complexity index is 615. The standard InChI is InChI=1S/C13H14BrN5O/c1-3-15-12-7-16-10(6-17-12)13(20)19-11-5-4-9(14)8(2)18-11/h4-7H,3H2,1-2H3,(H,15,17)(H,18,19,20). The van der Waals surface area contributed by atoms with Crippen LogP contribution in [0.15, 0.2) is 29.0 Å². The summed E-state index contributed by atoms with van der Waals surface area (Å²) in [6.07, 6.45) is 2.96. The van der Waals surface area contributed by atoms with E-state index in [9.17, 15) is 4.79 Å². The van der Waals surface area contributed by atoms with Crippen molar-refractivity contribution in [3.05, 3.63) is 40.4 Å². The van der Waals surface area contributed by atoms with E-state index in [0.717, 1.165) is 16.7 Å². The molecule has 0 fully saturated rings. The fourth-order valence-electron chi connectivity index (χ4n) is 1.51. The SMILES string of the molecule is CCNc1cnc(C(=O)Nc2ccc(Br)c(C)n2)cn1. The number of rotatable bonds is 4. The summed E-state index contributed by atoms with van der Waals surface area (Å²) in [4.78, 5) is 24.4. The summed E-state index contributed by atoms with van der Waals surface area (Å²) in [5.41, 5.74) is 1.05. The van der Waals surface area contributed by atoms with Crippen LogP contribution in [0.5, 0.6) is 0 Å². The van der Waals surface area contributed by atoms with Gasteiger partial charge in [-0.3, -0.25) is 4.79 Å². The van der Waals surface area contributed by atoms with Crippen molar-refractivity contribution in [1.82, 2.24) is 15.0 Å².